The Morgan fingerprint density at radius 1 is 1.40 bits per heavy atom. The van der Waals surface area contributed by atoms with Crippen molar-refractivity contribution >= 4 is 0 Å². The molecule has 74 valence electrons. The number of benzene rings is 1. The van der Waals surface area contributed by atoms with Crippen LogP contribution in [0.1, 0.15) is 11.3 Å². The van der Waals surface area contributed by atoms with Crippen LogP contribution in [-0.2, 0) is 0 Å². The molecule has 1 heterocycles. The second-order valence-electron chi connectivity index (χ2n) is 3.17. The van der Waals surface area contributed by atoms with E-state index in [1.807, 2.05) is 19.1 Å². The first kappa shape index (κ1) is 9.41. The summed E-state index contributed by atoms with van der Waals surface area (Å²) in [6.45, 7) is 1.85. The smallest absolute Gasteiger partial charge is 0.124 e. The van der Waals surface area contributed by atoms with Crippen LogP contribution < -0.4 is 0 Å². The Labute approximate surface area is 86.4 Å². The van der Waals surface area contributed by atoms with Crippen LogP contribution in [0.25, 0.3) is 5.69 Å². The first-order chi connectivity index (χ1) is 7.20. The van der Waals surface area contributed by atoms with Gasteiger partial charge in [-0.25, -0.2) is 9.07 Å². The third kappa shape index (κ3) is 1.72. The summed E-state index contributed by atoms with van der Waals surface area (Å²) in [6, 6.07) is 7.82. The first-order valence-corrected chi connectivity index (χ1v) is 4.43. The van der Waals surface area contributed by atoms with Crippen molar-refractivity contribution in [2.75, 3.05) is 0 Å². The zero-order valence-electron chi connectivity index (χ0n) is 8.11. The Balaban J connectivity index is 2.58. The van der Waals surface area contributed by atoms with Gasteiger partial charge in [0.1, 0.15) is 11.9 Å². The van der Waals surface area contributed by atoms with Gasteiger partial charge in [0.2, 0.25) is 0 Å². The standard InChI is InChI=1S/C11H8FN3/c1-8-4-5-15(14-8)11-3-2-10(12)6-9(11)7-13/h2-6H,1H3. The number of nitriles is 1. The fourth-order valence-electron chi connectivity index (χ4n) is 1.35. The van der Waals surface area contributed by atoms with Gasteiger partial charge in [-0.2, -0.15) is 10.4 Å². The van der Waals surface area contributed by atoms with Crippen molar-refractivity contribution in [1.29, 1.82) is 5.26 Å². The molecule has 0 unspecified atom stereocenters. The van der Waals surface area contributed by atoms with Gasteiger partial charge < -0.3 is 0 Å². The van der Waals surface area contributed by atoms with Gasteiger partial charge >= 0.3 is 0 Å². The molecule has 0 atom stereocenters. The van der Waals surface area contributed by atoms with Gasteiger partial charge in [-0.15, -0.1) is 0 Å². The molecular weight excluding hydrogens is 193 g/mol. The van der Waals surface area contributed by atoms with E-state index in [0.29, 0.717) is 5.69 Å². The van der Waals surface area contributed by atoms with Gasteiger partial charge in [0, 0.05) is 6.20 Å². The zero-order valence-corrected chi connectivity index (χ0v) is 8.11. The number of aryl methyl sites for hydroxylation is 1. The summed E-state index contributed by atoms with van der Waals surface area (Å²) >= 11 is 0. The normalized spacial score (nSPS) is 9.93. The van der Waals surface area contributed by atoms with Crippen molar-refractivity contribution in [1.82, 2.24) is 9.78 Å². The van der Waals surface area contributed by atoms with Gasteiger partial charge in [0.15, 0.2) is 0 Å². The maximum Gasteiger partial charge on any atom is 0.124 e. The molecule has 0 fully saturated rings. The van der Waals surface area contributed by atoms with Crippen LogP contribution >= 0.6 is 0 Å². The summed E-state index contributed by atoms with van der Waals surface area (Å²) in [5.41, 5.74) is 1.72. The van der Waals surface area contributed by atoms with Crippen LogP contribution in [0.5, 0.6) is 0 Å². The Morgan fingerprint density at radius 2 is 2.20 bits per heavy atom. The minimum atomic E-state index is -0.417. The molecule has 0 saturated heterocycles. The summed E-state index contributed by atoms with van der Waals surface area (Å²) in [5.74, 6) is -0.417. The molecule has 0 bridgehead atoms. The predicted octanol–water partition coefficient (Wildman–Crippen LogP) is 2.19. The van der Waals surface area contributed by atoms with E-state index in [-0.39, 0.29) is 5.56 Å². The average Bonchev–Trinajstić information content (AvgIpc) is 2.64. The number of hydrogen-bond acceptors (Lipinski definition) is 2. The van der Waals surface area contributed by atoms with Crippen LogP contribution in [-0.4, -0.2) is 9.78 Å². The highest BCUT2D eigenvalue weighted by Gasteiger charge is 2.06. The SMILES string of the molecule is Cc1ccn(-c2ccc(F)cc2C#N)n1. The second kappa shape index (κ2) is 3.54. The highest BCUT2D eigenvalue weighted by molar-refractivity contribution is 5.48. The van der Waals surface area contributed by atoms with Gasteiger partial charge in [-0.1, -0.05) is 0 Å². The number of halogens is 1. The lowest BCUT2D eigenvalue weighted by atomic mass is 10.2. The van der Waals surface area contributed by atoms with E-state index in [4.69, 9.17) is 5.26 Å². The Morgan fingerprint density at radius 3 is 2.80 bits per heavy atom. The fraction of sp³-hybridized carbons (Fsp3) is 0.0909. The maximum absolute atomic E-state index is 12.9. The Kier molecular flexibility index (Phi) is 2.22. The lowest BCUT2D eigenvalue weighted by Gasteiger charge is -2.03. The summed E-state index contributed by atoms with van der Waals surface area (Å²) in [6.07, 6.45) is 1.74. The van der Waals surface area contributed by atoms with Crippen LogP contribution in [0.2, 0.25) is 0 Å². The number of aromatic nitrogens is 2. The highest BCUT2D eigenvalue weighted by atomic mass is 19.1. The molecule has 0 aliphatic rings. The molecular formula is C11H8FN3. The van der Waals surface area contributed by atoms with Crippen LogP contribution in [0.15, 0.2) is 30.5 Å². The largest absolute Gasteiger partial charge is 0.239 e. The quantitative estimate of drug-likeness (QED) is 0.709. The minimum absolute atomic E-state index is 0.276. The molecule has 2 aromatic rings. The molecule has 0 aliphatic heterocycles. The third-order valence-electron chi connectivity index (χ3n) is 2.05. The molecule has 0 saturated carbocycles. The van der Waals surface area contributed by atoms with Crippen molar-refractivity contribution in [3.8, 4) is 11.8 Å². The first-order valence-electron chi connectivity index (χ1n) is 4.43. The third-order valence-corrected chi connectivity index (χ3v) is 2.05. The van der Waals surface area contributed by atoms with Crippen LogP contribution in [0, 0.1) is 24.1 Å². The van der Waals surface area contributed by atoms with Gasteiger partial charge in [0.05, 0.1) is 16.9 Å². The average molecular weight is 201 g/mol. The van der Waals surface area contributed by atoms with Crippen molar-refractivity contribution in [2.24, 2.45) is 0 Å². The van der Waals surface area contributed by atoms with Crippen LogP contribution in [0.3, 0.4) is 0 Å². The molecule has 1 aromatic heterocycles. The van der Waals surface area contributed by atoms with Crippen molar-refractivity contribution < 1.29 is 4.39 Å². The topological polar surface area (TPSA) is 41.6 Å². The summed E-state index contributed by atoms with van der Waals surface area (Å²) in [7, 11) is 0. The fourth-order valence-corrected chi connectivity index (χ4v) is 1.35. The molecule has 0 aliphatic carbocycles. The molecule has 4 heteroatoms. The van der Waals surface area contributed by atoms with E-state index in [1.165, 1.54) is 12.1 Å². The molecule has 3 nitrogen and oxygen atoms in total. The zero-order chi connectivity index (χ0) is 10.8. The lowest BCUT2D eigenvalue weighted by Crippen LogP contribution is -1.98. The maximum atomic E-state index is 12.9. The van der Waals surface area contributed by atoms with E-state index in [0.717, 1.165) is 5.69 Å². The highest BCUT2D eigenvalue weighted by Crippen LogP contribution is 2.14. The number of nitrogens with zero attached hydrogens (tertiary/aromatic N) is 3. The molecule has 0 amide bonds. The summed E-state index contributed by atoms with van der Waals surface area (Å²) in [4.78, 5) is 0. The monoisotopic (exact) mass is 201 g/mol. The molecule has 0 radical (unpaired) electrons. The molecule has 1 aromatic carbocycles. The van der Waals surface area contributed by atoms with E-state index in [2.05, 4.69) is 5.10 Å². The molecule has 2 rings (SSSR count). The van der Waals surface area contributed by atoms with E-state index >= 15 is 0 Å². The van der Waals surface area contributed by atoms with Crippen LogP contribution in [0.4, 0.5) is 4.39 Å². The molecule has 15 heavy (non-hydrogen) atoms. The lowest BCUT2D eigenvalue weighted by molar-refractivity contribution is 0.626. The minimum Gasteiger partial charge on any atom is -0.239 e. The van der Waals surface area contributed by atoms with E-state index < -0.39 is 5.82 Å². The van der Waals surface area contributed by atoms with E-state index in [1.54, 1.807) is 16.9 Å². The van der Waals surface area contributed by atoms with Crippen molar-refractivity contribution in [2.45, 2.75) is 6.92 Å². The van der Waals surface area contributed by atoms with Crippen molar-refractivity contribution in [3.63, 3.8) is 0 Å². The van der Waals surface area contributed by atoms with Gasteiger partial charge in [0.25, 0.3) is 0 Å². The van der Waals surface area contributed by atoms with Gasteiger partial charge in [-0.05, 0) is 31.2 Å². The molecule has 0 spiro atoms. The second-order valence-corrected chi connectivity index (χ2v) is 3.17. The summed E-state index contributed by atoms with van der Waals surface area (Å²) in [5, 5.41) is 13.0. The Hall–Kier alpha value is -2.15. The van der Waals surface area contributed by atoms with Gasteiger partial charge in [-0.3, -0.25) is 0 Å². The van der Waals surface area contributed by atoms with E-state index in [9.17, 15) is 4.39 Å². The number of hydrogen-bond donors (Lipinski definition) is 0. The Bertz CT molecular complexity index is 537. The number of rotatable bonds is 1. The predicted molar refractivity (Wildman–Crippen MR) is 53.0 cm³/mol. The summed E-state index contributed by atoms with van der Waals surface area (Å²) < 4.78 is 14.4. The molecule has 0 N–H and O–H groups in total. The van der Waals surface area contributed by atoms with Crippen molar-refractivity contribution in [3.05, 3.63) is 47.5 Å².